The Bertz CT molecular complexity index is 1030. The van der Waals surface area contributed by atoms with Gasteiger partial charge in [0.1, 0.15) is 11.6 Å². The third kappa shape index (κ3) is 4.48. The maximum Gasteiger partial charge on any atom is 0.284 e. The first-order valence-electron chi connectivity index (χ1n) is 10.4. The fourth-order valence-corrected chi connectivity index (χ4v) is 4.09. The van der Waals surface area contributed by atoms with Crippen LogP contribution < -0.4 is 10.3 Å². The van der Waals surface area contributed by atoms with Crippen LogP contribution in [0.5, 0.6) is 5.75 Å². The van der Waals surface area contributed by atoms with Crippen molar-refractivity contribution in [2.75, 3.05) is 26.2 Å². The largest absolute Gasteiger partial charge is 0.494 e. The molecule has 152 valence electrons. The van der Waals surface area contributed by atoms with E-state index in [-0.39, 0.29) is 5.56 Å². The summed E-state index contributed by atoms with van der Waals surface area (Å²) in [6, 6.07) is 11.2. The standard InChI is InChI=1S/C23H28N4O2/c1-17-6-4-13-26(16-17)14-5-15-29-20-10-8-19(9-11-20)27-18(2)25-21-7-3-12-24-22(21)23(27)28/h3,7-12,17H,4-6,13-16H2,1-2H3/t17-/m0/s1. The summed E-state index contributed by atoms with van der Waals surface area (Å²) in [5.41, 5.74) is 1.61. The first-order chi connectivity index (χ1) is 14.1. The normalized spacial score (nSPS) is 17.5. The average molecular weight is 393 g/mol. The number of likely N-dealkylation sites (tertiary alicyclic amines) is 1. The van der Waals surface area contributed by atoms with Gasteiger partial charge < -0.3 is 9.64 Å². The molecule has 0 aliphatic carbocycles. The van der Waals surface area contributed by atoms with Crippen LogP contribution in [0.1, 0.15) is 32.0 Å². The molecular formula is C23H28N4O2. The molecule has 1 aromatic carbocycles. The average Bonchev–Trinajstić information content (AvgIpc) is 2.72. The quantitative estimate of drug-likeness (QED) is 0.600. The number of rotatable bonds is 6. The Balaban J connectivity index is 1.39. The highest BCUT2D eigenvalue weighted by Gasteiger charge is 2.15. The van der Waals surface area contributed by atoms with Crippen LogP contribution in [0.4, 0.5) is 0 Å². The minimum atomic E-state index is -0.155. The van der Waals surface area contributed by atoms with Crippen molar-refractivity contribution in [2.24, 2.45) is 5.92 Å². The molecule has 1 fully saturated rings. The molecule has 0 amide bonds. The van der Waals surface area contributed by atoms with Gasteiger partial charge in [0, 0.05) is 19.3 Å². The van der Waals surface area contributed by atoms with Crippen molar-refractivity contribution in [1.29, 1.82) is 0 Å². The van der Waals surface area contributed by atoms with E-state index in [4.69, 9.17) is 4.74 Å². The molecule has 6 heteroatoms. The minimum Gasteiger partial charge on any atom is -0.494 e. The molecule has 0 unspecified atom stereocenters. The Morgan fingerprint density at radius 2 is 2.03 bits per heavy atom. The summed E-state index contributed by atoms with van der Waals surface area (Å²) in [5.74, 6) is 2.27. The molecule has 0 saturated carbocycles. The van der Waals surface area contributed by atoms with Crippen molar-refractivity contribution in [3.63, 3.8) is 0 Å². The van der Waals surface area contributed by atoms with E-state index in [1.807, 2.05) is 37.3 Å². The lowest BCUT2D eigenvalue weighted by Gasteiger charge is -2.30. The third-order valence-electron chi connectivity index (χ3n) is 5.52. The molecule has 1 atom stereocenters. The van der Waals surface area contributed by atoms with Gasteiger partial charge in [0.2, 0.25) is 0 Å². The molecule has 3 aromatic rings. The minimum absolute atomic E-state index is 0.155. The van der Waals surface area contributed by atoms with E-state index in [0.717, 1.165) is 30.3 Å². The zero-order chi connectivity index (χ0) is 20.2. The van der Waals surface area contributed by atoms with E-state index in [1.54, 1.807) is 16.8 Å². The molecule has 1 saturated heterocycles. The van der Waals surface area contributed by atoms with Crippen molar-refractivity contribution in [1.82, 2.24) is 19.4 Å². The Labute approximate surface area is 171 Å². The SMILES string of the molecule is Cc1nc2cccnc2c(=O)n1-c1ccc(OCCCN2CCC[C@H](C)C2)cc1. The Morgan fingerprint density at radius 3 is 2.83 bits per heavy atom. The van der Waals surface area contributed by atoms with Crippen molar-refractivity contribution >= 4 is 11.0 Å². The highest BCUT2D eigenvalue weighted by atomic mass is 16.5. The number of fused-ring (bicyclic) bond motifs is 1. The second kappa shape index (κ2) is 8.74. The summed E-state index contributed by atoms with van der Waals surface area (Å²) in [6.45, 7) is 8.37. The van der Waals surface area contributed by atoms with Crippen molar-refractivity contribution in [2.45, 2.75) is 33.1 Å². The molecular weight excluding hydrogens is 364 g/mol. The first-order valence-corrected chi connectivity index (χ1v) is 10.4. The van der Waals surface area contributed by atoms with Crippen LogP contribution in [0.15, 0.2) is 47.4 Å². The zero-order valence-corrected chi connectivity index (χ0v) is 17.2. The van der Waals surface area contributed by atoms with Gasteiger partial charge in [0.15, 0.2) is 5.52 Å². The Kier molecular flexibility index (Phi) is 5.90. The smallest absolute Gasteiger partial charge is 0.284 e. The van der Waals surface area contributed by atoms with Crippen LogP contribution in [-0.4, -0.2) is 45.7 Å². The van der Waals surface area contributed by atoms with Gasteiger partial charge >= 0.3 is 0 Å². The Hall–Kier alpha value is -2.73. The summed E-state index contributed by atoms with van der Waals surface area (Å²) >= 11 is 0. The second-order valence-corrected chi connectivity index (χ2v) is 7.91. The van der Waals surface area contributed by atoms with E-state index in [1.165, 1.54) is 25.9 Å². The predicted molar refractivity (Wildman–Crippen MR) is 115 cm³/mol. The van der Waals surface area contributed by atoms with Crippen LogP contribution in [0.3, 0.4) is 0 Å². The number of piperidine rings is 1. The van der Waals surface area contributed by atoms with Crippen molar-refractivity contribution < 1.29 is 4.74 Å². The lowest BCUT2D eigenvalue weighted by atomic mass is 10.0. The molecule has 6 nitrogen and oxygen atoms in total. The summed E-state index contributed by atoms with van der Waals surface area (Å²) in [6.07, 6.45) is 5.30. The highest BCUT2D eigenvalue weighted by molar-refractivity contribution is 5.73. The molecule has 1 aliphatic rings. The summed E-state index contributed by atoms with van der Waals surface area (Å²) in [5, 5.41) is 0. The van der Waals surface area contributed by atoms with Gasteiger partial charge in [-0.3, -0.25) is 9.36 Å². The van der Waals surface area contributed by atoms with Crippen molar-refractivity contribution in [3.8, 4) is 11.4 Å². The molecule has 0 N–H and O–H groups in total. The van der Waals surface area contributed by atoms with Crippen LogP contribution in [-0.2, 0) is 0 Å². The number of hydrogen-bond acceptors (Lipinski definition) is 5. The summed E-state index contributed by atoms with van der Waals surface area (Å²) in [7, 11) is 0. The zero-order valence-electron chi connectivity index (χ0n) is 17.2. The molecule has 3 heterocycles. The molecule has 0 radical (unpaired) electrons. The van der Waals surface area contributed by atoms with Crippen LogP contribution in [0, 0.1) is 12.8 Å². The monoisotopic (exact) mass is 392 g/mol. The van der Waals surface area contributed by atoms with Gasteiger partial charge in [0.25, 0.3) is 5.56 Å². The van der Waals surface area contributed by atoms with E-state index < -0.39 is 0 Å². The van der Waals surface area contributed by atoms with Gasteiger partial charge in [-0.05, 0) is 75.0 Å². The lowest BCUT2D eigenvalue weighted by Crippen LogP contribution is -2.35. The van der Waals surface area contributed by atoms with Crippen LogP contribution >= 0.6 is 0 Å². The molecule has 0 bridgehead atoms. The van der Waals surface area contributed by atoms with Gasteiger partial charge in [0.05, 0.1) is 17.8 Å². The highest BCUT2D eigenvalue weighted by Crippen LogP contribution is 2.18. The first kappa shape index (κ1) is 19.6. The van der Waals surface area contributed by atoms with E-state index in [0.29, 0.717) is 23.5 Å². The molecule has 2 aromatic heterocycles. The molecule has 1 aliphatic heterocycles. The van der Waals surface area contributed by atoms with E-state index in [9.17, 15) is 4.79 Å². The number of aryl methyl sites for hydroxylation is 1. The van der Waals surface area contributed by atoms with E-state index >= 15 is 0 Å². The summed E-state index contributed by atoms with van der Waals surface area (Å²) in [4.78, 5) is 24.1. The number of aromatic nitrogens is 3. The van der Waals surface area contributed by atoms with Gasteiger partial charge in [-0.2, -0.15) is 0 Å². The van der Waals surface area contributed by atoms with Gasteiger partial charge in [-0.25, -0.2) is 9.97 Å². The van der Waals surface area contributed by atoms with Crippen LogP contribution in [0.2, 0.25) is 0 Å². The van der Waals surface area contributed by atoms with Crippen molar-refractivity contribution in [3.05, 3.63) is 58.8 Å². The molecule has 4 rings (SSSR count). The number of pyridine rings is 1. The lowest BCUT2D eigenvalue weighted by molar-refractivity contribution is 0.170. The number of hydrogen-bond donors (Lipinski definition) is 0. The Morgan fingerprint density at radius 1 is 1.21 bits per heavy atom. The molecule has 0 spiro atoms. The van der Waals surface area contributed by atoms with Gasteiger partial charge in [-0.15, -0.1) is 0 Å². The summed E-state index contributed by atoms with van der Waals surface area (Å²) < 4.78 is 7.50. The topological polar surface area (TPSA) is 60.3 Å². The second-order valence-electron chi connectivity index (χ2n) is 7.91. The maximum absolute atomic E-state index is 12.8. The fourth-order valence-electron chi connectivity index (χ4n) is 4.09. The van der Waals surface area contributed by atoms with Gasteiger partial charge in [-0.1, -0.05) is 6.92 Å². The number of benzene rings is 1. The molecule has 29 heavy (non-hydrogen) atoms. The number of nitrogens with zero attached hydrogens (tertiary/aromatic N) is 4. The predicted octanol–water partition coefficient (Wildman–Crippen LogP) is 3.59. The number of ether oxygens (including phenoxy) is 1. The van der Waals surface area contributed by atoms with Crippen LogP contribution in [0.25, 0.3) is 16.7 Å². The fraction of sp³-hybridized carbons (Fsp3) is 0.435. The van der Waals surface area contributed by atoms with E-state index in [2.05, 4.69) is 21.8 Å². The maximum atomic E-state index is 12.8. The third-order valence-corrected chi connectivity index (χ3v) is 5.52.